The van der Waals surface area contributed by atoms with Gasteiger partial charge in [-0.2, -0.15) is 10.2 Å². The standard InChI is InChI=1S/C25H30N6O3S/c1-17(29-35(32,33)25-18(2)28-30(19(25)3)20-8-4-5-9-20)16-34-24-12-6-11-23-22(24)15-27-31(23)21-10-7-13-26-14-21/h6-7,10-15,17,20,29H,4-5,8-9,16H2,1-3H3/t17-/m0/s1. The molecule has 1 fully saturated rings. The van der Waals surface area contributed by atoms with E-state index in [1.165, 1.54) is 0 Å². The van der Waals surface area contributed by atoms with Gasteiger partial charge < -0.3 is 4.74 Å². The van der Waals surface area contributed by atoms with Gasteiger partial charge in [-0.05, 0) is 57.9 Å². The molecule has 0 spiro atoms. The van der Waals surface area contributed by atoms with E-state index in [0.29, 0.717) is 17.1 Å². The Morgan fingerprint density at radius 1 is 1.14 bits per heavy atom. The average Bonchev–Trinajstić information content (AvgIpc) is 3.57. The summed E-state index contributed by atoms with van der Waals surface area (Å²) in [4.78, 5) is 4.44. The number of nitrogens with one attached hydrogen (secondary N) is 1. The van der Waals surface area contributed by atoms with Crippen LogP contribution in [-0.4, -0.2) is 45.6 Å². The number of nitrogens with zero attached hydrogens (tertiary/aromatic N) is 5. The van der Waals surface area contributed by atoms with Crippen LogP contribution in [0.4, 0.5) is 0 Å². The molecule has 35 heavy (non-hydrogen) atoms. The van der Waals surface area contributed by atoms with E-state index in [1.807, 2.05) is 41.9 Å². The van der Waals surface area contributed by atoms with E-state index in [9.17, 15) is 8.42 Å². The van der Waals surface area contributed by atoms with Crippen LogP contribution in [0.3, 0.4) is 0 Å². The number of ether oxygens (including phenoxy) is 1. The van der Waals surface area contributed by atoms with Crippen molar-refractivity contribution in [2.24, 2.45) is 0 Å². The Morgan fingerprint density at radius 2 is 1.94 bits per heavy atom. The zero-order valence-corrected chi connectivity index (χ0v) is 21.0. The molecule has 1 aliphatic rings. The number of sulfonamides is 1. The quantitative estimate of drug-likeness (QED) is 0.396. The van der Waals surface area contributed by atoms with Crippen LogP contribution in [0.5, 0.6) is 5.75 Å². The van der Waals surface area contributed by atoms with Crippen LogP contribution in [-0.2, 0) is 10.0 Å². The normalized spacial score (nSPS) is 15.6. The van der Waals surface area contributed by atoms with Gasteiger partial charge in [0.05, 0.1) is 52.5 Å². The maximum absolute atomic E-state index is 13.3. The van der Waals surface area contributed by atoms with Gasteiger partial charge in [-0.1, -0.05) is 18.9 Å². The molecule has 0 unspecified atom stereocenters. The van der Waals surface area contributed by atoms with Crippen LogP contribution in [0.15, 0.2) is 53.8 Å². The fraction of sp³-hybridized carbons (Fsp3) is 0.400. The zero-order chi connectivity index (χ0) is 24.6. The summed E-state index contributed by atoms with van der Waals surface area (Å²) in [7, 11) is -3.75. The lowest BCUT2D eigenvalue weighted by molar-refractivity contribution is 0.290. The van der Waals surface area contributed by atoms with Crippen LogP contribution in [0, 0.1) is 13.8 Å². The highest BCUT2D eigenvalue weighted by Gasteiger charge is 2.29. The number of benzene rings is 1. The maximum atomic E-state index is 13.3. The highest BCUT2D eigenvalue weighted by Crippen LogP contribution is 2.33. The molecule has 0 bridgehead atoms. The van der Waals surface area contributed by atoms with Crippen LogP contribution >= 0.6 is 0 Å². The molecule has 9 nitrogen and oxygen atoms in total. The first-order valence-corrected chi connectivity index (χ1v) is 13.4. The van der Waals surface area contributed by atoms with Crippen molar-refractivity contribution in [1.82, 2.24) is 29.3 Å². The monoisotopic (exact) mass is 494 g/mol. The van der Waals surface area contributed by atoms with Crippen molar-refractivity contribution in [2.75, 3.05) is 6.61 Å². The van der Waals surface area contributed by atoms with Crippen molar-refractivity contribution in [1.29, 1.82) is 0 Å². The lowest BCUT2D eigenvalue weighted by atomic mass is 10.2. The summed E-state index contributed by atoms with van der Waals surface area (Å²) < 4.78 is 39.0. The van der Waals surface area contributed by atoms with Crippen molar-refractivity contribution >= 4 is 20.9 Å². The third-order valence-electron chi connectivity index (χ3n) is 6.51. The molecule has 4 aromatic rings. The van der Waals surface area contributed by atoms with E-state index < -0.39 is 16.1 Å². The van der Waals surface area contributed by atoms with Gasteiger partial charge in [-0.3, -0.25) is 9.67 Å². The van der Waals surface area contributed by atoms with E-state index in [1.54, 1.807) is 37.1 Å². The van der Waals surface area contributed by atoms with E-state index in [4.69, 9.17) is 4.74 Å². The van der Waals surface area contributed by atoms with Crippen LogP contribution < -0.4 is 9.46 Å². The lowest BCUT2D eigenvalue weighted by Gasteiger charge is -2.16. The number of fused-ring (bicyclic) bond motifs is 1. The first kappa shape index (κ1) is 23.5. The van der Waals surface area contributed by atoms with Crippen molar-refractivity contribution < 1.29 is 13.2 Å². The fourth-order valence-electron chi connectivity index (χ4n) is 4.95. The number of aryl methyl sites for hydroxylation is 1. The number of rotatable bonds is 8. The molecule has 3 heterocycles. The van der Waals surface area contributed by atoms with Gasteiger partial charge in [-0.25, -0.2) is 17.8 Å². The van der Waals surface area contributed by atoms with E-state index in [2.05, 4.69) is 19.9 Å². The molecule has 1 aromatic carbocycles. The number of hydrogen-bond acceptors (Lipinski definition) is 6. The third-order valence-corrected chi connectivity index (χ3v) is 8.35. The summed E-state index contributed by atoms with van der Waals surface area (Å²) in [6.45, 7) is 5.57. The Kier molecular flexibility index (Phi) is 6.33. The molecule has 5 rings (SSSR count). The molecule has 1 saturated carbocycles. The van der Waals surface area contributed by atoms with Crippen LogP contribution in [0.1, 0.15) is 50.0 Å². The fourth-order valence-corrected chi connectivity index (χ4v) is 6.58. The molecule has 0 amide bonds. The van der Waals surface area contributed by atoms with Gasteiger partial charge in [0.25, 0.3) is 0 Å². The summed E-state index contributed by atoms with van der Waals surface area (Å²) in [6, 6.07) is 9.34. The van der Waals surface area contributed by atoms with Gasteiger partial charge >= 0.3 is 0 Å². The molecule has 0 aliphatic heterocycles. The van der Waals surface area contributed by atoms with E-state index in [0.717, 1.165) is 42.3 Å². The van der Waals surface area contributed by atoms with Crippen LogP contribution in [0.2, 0.25) is 0 Å². The first-order valence-electron chi connectivity index (χ1n) is 11.9. The molecular formula is C25H30N6O3S. The highest BCUT2D eigenvalue weighted by molar-refractivity contribution is 7.89. The number of pyridine rings is 1. The van der Waals surface area contributed by atoms with Crippen molar-refractivity contribution in [3.63, 3.8) is 0 Å². The highest BCUT2D eigenvalue weighted by atomic mass is 32.2. The van der Waals surface area contributed by atoms with Gasteiger partial charge in [-0.15, -0.1) is 0 Å². The maximum Gasteiger partial charge on any atom is 0.244 e. The minimum atomic E-state index is -3.75. The topological polar surface area (TPSA) is 104 Å². The molecule has 0 radical (unpaired) electrons. The number of hydrogen-bond donors (Lipinski definition) is 1. The molecule has 1 aliphatic carbocycles. The van der Waals surface area contributed by atoms with Gasteiger partial charge in [0.2, 0.25) is 10.0 Å². The van der Waals surface area contributed by atoms with Crippen molar-refractivity contribution in [2.45, 2.75) is 63.4 Å². The van der Waals surface area contributed by atoms with Crippen molar-refractivity contribution in [3.8, 4) is 11.4 Å². The van der Waals surface area contributed by atoms with Gasteiger partial charge in [0, 0.05) is 6.20 Å². The molecule has 1 N–H and O–H groups in total. The Bertz CT molecular complexity index is 1440. The Morgan fingerprint density at radius 3 is 2.69 bits per heavy atom. The molecule has 0 saturated heterocycles. The third kappa shape index (κ3) is 4.55. The van der Waals surface area contributed by atoms with Crippen molar-refractivity contribution in [3.05, 3.63) is 60.3 Å². The minimum Gasteiger partial charge on any atom is -0.491 e. The second-order valence-electron chi connectivity index (χ2n) is 9.17. The van der Waals surface area contributed by atoms with Gasteiger partial charge in [0.1, 0.15) is 17.3 Å². The Hall–Kier alpha value is -3.24. The minimum absolute atomic E-state index is 0.172. The molecule has 3 aromatic heterocycles. The summed E-state index contributed by atoms with van der Waals surface area (Å²) in [5.74, 6) is 0.644. The van der Waals surface area contributed by atoms with E-state index in [-0.39, 0.29) is 17.5 Å². The SMILES string of the molecule is Cc1nn(C2CCCC2)c(C)c1S(=O)(=O)N[C@@H](C)COc1cccc2c1cnn2-c1cccnc1. The summed E-state index contributed by atoms with van der Waals surface area (Å²) >= 11 is 0. The first-order chi connectivity index (χ1) is 16.8. The molecule has 184 valence electrons. The smallest absolute Gasteiger partial charge is 0.244 e. The van der Waals surface area contributed by atoms with Crippen LogP contribution in [0.25, 0.3) is 16.6 Å². The summed E-state index contributed by atoms with van der Waals surface area (Å²) in [5.41, 5.74) is 2.96. The molecule has 10 heteroatoms. The molecule has 1 atom stereocenters. The zero-order valence-electron chi connectivity index (χ0n) is 20.2. The predicted molar refractivity (Wildman–Crippen MR) is 133 cm³/mol. The van der Waals surface area contributed by atoms with E-state index >= 15 is 0 Å². The average molecular weight is 495 g/mol. The lowest BCUT2D eigenvalue weighted by Crippen LogP contribution is -2.37. The molecular weight excluding hydrogens is 464 g/mol. The van der Waals surface area contributed by atoms with Gasteiger partial charge in [0.15, 0.2) is 0 Å². The predicted octanol–water partition coefficient (Wildman–Crippen LogP) is 4.09. The Balaban J connectivity index is 1.31. The number of aromatic nitrogens is 5. The summed E-state index contributed by atoms with van der Waals surface area (Å²) in [6.07, 6.45) is 9.61. The largest absolute Gasteiger partial charge is 0.491 e. The second-order valence-corrected chi connectivity index (χ2v) is 10.8. The summed E-state index contributed by atoms with van der Waals surface area (Å²) in [5, 5.41) is 9.90. The second kappa shape index (κ2) is 9.43. The Labute approximate surface area is 205 Å².